The Kier molecular flexibility index (Phi) is 15.0. The summed E-state index contributed by atoms with van der Waals surface area (Å²) in [5, 5.41) is 8.79. The minimum absolute atomic E-state index is 0.316. The first-order valence-electron chi connectivity index (χ1n) is 10.2. The van der Waals surface area contributed by atoms with Crippen LogP contribution >= 0.6 is 0 Å². The molecule has 0 bridgehead atoms. The molecule has 2 atom stereocenters. The summed E-state index contributed by atoms with van der Waals surface area (Å²) in [4.78, 5) is 0. The van der Waals surface area contributed by atoms with E-state index in [9.17, 15) is 0 Å². The van der Waals surface area contributed by atoms with Crippen molar-refractivity contribution in [3.05, 3.63) is 11.6 Å². The van der Waals surface area contributed by atoms with Crippen LogP contribution in [0.3, 0.4) is 0 Å². The standard InChI is InChI=1S/C22H44O/c1-19(2)11-8-13-21(4)15-10-17-22(5)16-9-14-20(3)12-6-7-18-23/h12,19,21-23H,6-11,13-18H2,1-5H3. The molecular weight excluding hydrogens is 280 g/mol. The third-order valence-corrected chi connectivity index (χ3v) is 5.00. The molecule has 1 nitrogen and oxygen atoms in total. The zero-order valence-electron chi connectivity index (χ0n) is 16.7. The third kappa shape index (κ3) is 16.3. The summed E-state index contributed by atoms with van der Waals surface area (Å²) in [7, 11) is 0. The van der Waals surface area contributed by atoms with Gasteiger partial charge in [0.25, 0.3) is 0 Å². The number of allylic oxidation sites excluding steroid dienone is 2. The largest absolute Gasteiger partial charge is 0.396 e. The lowest BCUT2D eigenvalue weighted by Crippen LogP contribution is -2.00. The van der Waals surface area contributed by atoms with Gasteiger partial charge >= 0.3 is 0 Å². The molecule has 0 aromatic rings. The van der Waals surface area contributed by atoms with Crippen LogP contribution in [0.1, 0.15) is 105 Å². The number of rotatable bonds is 15. The molecule has 0 heterocycles. The van der Waals surface area contributed by atoms with Gasteiger partial charge in [-0.15, -0.1) is 0 Å². The minimum Gasteiger partial charge on any atom is -0.396 e. The fourth-order valence-corrected chi connectivity index (χ4v) is 3.25. The van der Waals surface area contributed by atoms with Crippen LogP contribution in [0.15, 0.2) is 11.6 Å². The molecule has 0 aliphatic rings. The summed E-state index contributed by atoms with van der Waals surface area (Å²) < 4.78 is 0. The lowest BCUT2D eigenvalue weighted by atomic mass is 9.91. The van der Waals surface area contributed by atoms with E-state index in [0.717, 1.165) is 30.6 Å². The average Bonchev–Trinajstić information content (AvgIpc) is 2.47. The molecular formula is C22H44O. The van der Waals surface area contributed by atoms with Crippen molar-refractivity contribution in [3.8, 4) is 0 Å². The first-order chi connectivity index (χ1) is 11.0. The van der Waals surface area contributed by atoms with Crippen LogP contribution in [0.2, 0.25) is 0 Å². The summed E-state index contributed by atoms with van der Waals surface area (Å²) >= 11 is 0. The van der Waals surface area contributed by atoms with Crippen molar-refractivity contribution >= 4 is 0 Å². The molecule has 23 heavy (non-hydrogen) atoms. The summed E-state index contributed by atoms with van der Waals surface area (Å²) in [6.45, 7) is 12.1. The zero-order valence-corrected chi connectivity index (χ0v) is 16.7. The van der Waals surface area contributed by atoms with E-state index in [2.05, 4.69) is 40.7 Å². The van der Waals surface area contributed by atoms with Crippen molar-refractivity contribution in [2.45, 2.75) is 105 Å². The average molecular weight is 325 g/mol. The molecule has 0 rings (SSSR count). The maximum absolute atomic E-state index is 8.79. The normalized spacial score (nSPS) is 15.2. The second-order valence-electron chi connectivity index (χ2n) is 8.27. The Morgan fingerprint density at radius 2 is 1.30 bits per heavy atom. The molecule has 1 N–H and O–H groups in total. The molecule has 0 amide bonds. The predicted molar refractivity (Wildman–Crippen MR) is 105 cm³/mol. The lowest BCUT2D eigenvalue weighted by molar-refractivity contribution is 0.289. The maximum Gasteiger partial charge on any atom is 0.0433 e. The Morgan fingerprint density at radius 1 is 0.783 bits per heavy atom. The molecule has 0 saturated heterocycles. The molecule has 0 aliphatic heterocycles. The van der Waals surface area contributed by atoms with Gasteiger partial charge in [0.1, 0.15) is 0 Å². The molecule has 2 unspecified atom stereocenters. The van der Waals surface area contributed by atoms with Gasteiger partial charge in [-0.1, -0.05) is 84.3 Å². The molecule has 0 fully saturated rings. The predicted octanol–water partition coefficient (Wildman–Crippen LogP) is 7.14. The van der Waals surface area contributed by atoms with Crippen molar-refractivity contribution in [2.24, 2.45) is 17.8 Å². The summed E-state index contributed by atoms with van der Waals surface area (Å²) in [5.41, 5.74) is 1.50. The number of hydrogen-bond acceptors (Lipinski definition) is 1. The SMILES string of the molecule is CC(=CCCCO)CCCC(C)CCCC(C)CCCC(C)C. The number of hydrogen-bond donors (Lipinski definition) is 1. The Balaban J connectivity index is 3.56. The summed E-state index contributed by atoms with van der Waals surface area (Å²) in [6.07, 6.45) is 16.6. The van der Waals surface area contributed by atoms with Crippen LogP contribution in [0.5, 0.6) is 0 Å². The van der Waals surface area contributed by atoms with Gasteiger partial charge in [-0.25, -0.2) is 0 Å². The maximum atomic E-state index is 8.79. The minimum atomic E-state index is 0.316. The van der Waals surface area contributed by atoms with Crippen LogP contribution in [0.4, 0.5) is 0 Å². The van der Waals surface area contributed by atoms with Crippen LogP contribution in [-0.4, -0.2) is 11.7 Å². The molecule has 0 radical (unpaired) electrons. The monoisotopic (exact) mass is 324 g/mol. The Bertz CT molecular complexity index is 280. The summed E-state index contributed by atoms with van der Waals surface area (Å²) in [6, 6.07) is 0. The van der Waals surface area contributed by atoms with E-state index in [0.29, 0.717) is 6.61 Å². The Hall–Kier alpha value is -0.300. The van der Waals surface area contributed by atoms with Crippen molar-refractivity contribution in [2.75, 3.05) is 6.61 Å². The fourth-order valence-electron chi connectivity index (χ4n) is 3.25. The van der Waals surface area contributed by atoms with E-state index >= 15 is 0 Å². The van der Waals surface area contributed by atoms with Crippen molar-refractivity contribution in [1.82, 2.24) is 0 Å². The molecule has 0 aromatic carbocycles. The van der Waals surface area contributed by atoms with Gasteiger partial charge in [0, 0.05) is 6.61 Å². The fraction of sp³-hybridized carbons (Fsp3) is 0.909. The lowest BCUT2D eigenvalue weighted by Gasteiger charge is -2.15. The molecule has 138 valence electrons. The Morgan fingerprint density at radius 3 is 1.83 bits per heavy atom. The highest BCUT2D eigenvalue weighted by atomic mass is 16.2. The Labute approximate surface area is 147 Å². The van der Waals surface area contributed by atoms with Gasteiger partial charge in [-0.2, -0.15) is 0 Å². The van der Waals surface area contributed by atoms with E-state index in [4.69, 9.17) is 5.11 Å². The number of unbranched alkanes of at least 4 members (excludes halogenated alkanes) is 1. The van der Waals surface area contributed by atoms with E-state index in [1.54, 1.807) is 0 Å². The van der Waals surface area contributed by atoms with Gasteiger partial charge in [-0.3, -0.25) is 0 Å². The first kappa shape index (κ1) is 22.7. The molecule has 0 saturated carbocycles. The number of aliphatic hydroxyl groups excluding tert-OH is 1. The zero-order chi connectivity index (χ0) is 17.5. The van der Waals surface area contributed by atoms with Crippen LogP contribution in [0.25, 0.3) is 0 Å². The van der Waals surface area contributed by atoms with Gasteiger partial charge in [0.05, 0.1) is 0 Å². The second kappa shape index (κ2) is 15.2. The molecule has 1 heteroatoms. The smallest absolute Gasteiger partial charge is 0.0433 e. The quantitative estimate of drug-likeness (QED) is 0.250. The van der Waals surface area contributed by atoms with E-state index in [1.165, 1.54) is 63.4 Å². The van der Waals surface area contributed by atoms with Crippen molar-refractivity contribution in [3.63, 3.8) is 0 Å². The van der Waals surface area contributed by atoms with Crippen molar-refractivity contribution < 1.29 is 5.11 Å². The van der Waals surface area contributed by atoms with Gasteiger partial charge in [-0.05, 0) is 50.4 Å². The third-order valence-electron chi connectivity index (χ3n) is 5.00. The molecule has 0 spiro atoms. The first-order valence-corrected chi connectivity index (χ1v) is 10.2. The molecule has 0 aromatic heterocycles. The van der Waals surface area contributed by atoms with E-state index < -0.39 is 0 Å². The molecule has 0 aliphatic carbocycles. The van der Waals surface area contributed by atoms with Gasteiger partial charge < -0.3 is 5.11 Å². The van der Waals surface area contributed by atoms with Crippen molar-refractivity contribution in [1.29, 1.82) is 0 Å². The van der Waals surface area contributed by atoms with Gasteiger partial charge in [0.15, 0.2) is 0 Å². The van der Waals surface area contributed by atoms with Crippen LogP contribution < -0.4 is 0 Å². The van der Waals surface area contributed by atoms with Crippen LogP contribution in [0, 0.1) is 17.8 Å². The van der Waals surface area contributed by atoms with Crippen LogP contribution in [-0.2, 0) is 0 Å². The van der Waals surface area contributed by atoms with E-state index in [1.807, 2.05) is 0 Å². The highest BCUT2D eigenvalue weighted by Crippen LogP contribution is 2.22. The second-order valence-corrected chi connectivity index (χ2v) is 8.27. The topological polar surface area (TPSA) is 20.2 Å². The van der Waals surface area contributed by atoms with Gasteiger partial charge in [0.2, 0.25) is 0 Å². The van der Waals surface area contributed by atoms with E-state index in [-0.39, 0.29) is 0 Å². The summed E-state index contributed by atoms with van der Waals surface area (Å²) in [5.74, 6) is 2.66. The highest BCUT2D eigenvalue weighted by molar-refractivity contribution is 4.97. The highest BCUT2D eigenvalue weighted by Gasteiger charge is 2.06. The number of aliphatic hydroxyl groups is 1.